The number of rotatable bonds is 3. The lowest BCUT2D eigenvalue weighted by molar-refractivity contribution is -0.146. The summed E-state index contributed by atoms with van der Waals surface area (Å²) in [6.45, 7) is 2.99. The second-order valence-electron chi connectivity index (χ2n) is 9.57. The van der Waals surface area contributed by atoms with E-state index in [1.807, 2.05) is 6.92 Å². The number of benzene rings is 1. The van der Waals surface area contributed by atoms with Crippen molar-refractivity contribution < 1.29 is 23.9 Å². The number of nitrogens with zero attached hydrogens (tertiary/aromatic N) is 4. The Morgan fingerprint density at radius 3 is 2.69 bits per heavy atom. The minimum Gasteiger partial charge on any atom is -0.427 e. The second-order valence-corrected chi connectivity index (χ2v) is 9.57. The zero-order chi connectivity index (χ0) is 25.4. The first-order valence-corrected chi connectivity index (χ1v) is 12.2. The topological polar surface area (TPSA) is 125 Å². The number of pyridine rings is 1. The zero-order valence-electron chi connectivity index (χ0n) is 20.0. The average molecular weight is 497 g/mol. The Labute approximate surface area is 206 Å². The van der Waals surface area contributed by atoms with Crippen LogP contribution in [0.15, 0.2) is 36.7 Å². The molecule has 0 aliphatic carbocycles. The number of piperidine rings is 1. The standard InChI is InChI=1S/C25H29FN6O4/c1-15-5-10-20(16-6-8-17(26)9-7-16)30(13-15)25(34)24(33)29-19-14-31(35)23(27)18-12-28-32(22(18)19)21-4-2-3-11-36-21/h6-9,12,14-15,20-21,27,35H,2-5,10-11,13H2,1H3,(H,29,33)/t15-,20+,21?/m0/s1. The van der Waals surface area contributed by atoms with Gasteiger partial charge in [-0.25, -0.2) is 9.07 Å². The molecule has 2 fully saturated rings. The summed E-state index contributed by atoms with van der Waals surface area (Å²) in [5, 5.41) is 25.8. The highest BCUT2D eigenvalue weighted by molar-refractivity contribution is 6.40. The number of carbonyl (C=O) groups is 2. The van der Waals surface area contributed by atoms with Crippen molar-refractivity contribution in [3.05, 3.63) is 53.5 Å². The third-order valence-corrected chi connectivity index (χ3v) is 6.99. The van der Waals surface area contributed by atoms with Crippen molar-refractivity contribution in [1.82, 2.24) is 19.4 Å². The Hall–Kier alpha value is -3.73. The average Bonchev–Trinajstić information content (AvgIpc) is 3.33. The fraction of sp³-hybridized carbons (Fsp3) is 0.440. The first kappa shape index (κ1) is 24.0. The van der Waals surface area contributed by atoms with E-state index >= 15 is 0 Å². The molecule has 2 saturated heterocycles. The van der Waals surface area contributed by atoms with Gasteiger partial charge in [0.15, 0.2) is 11.7 Å². The highest BCUT2D eigenvalue weighted by atomic mass is 19.1. The van der Waals surface area contributed by atoms with Gasteiger partial charge in [-0.3, -0.25) is 15.0 Å². The van der Waals surface area contributed by atoms with Gasteiger partial charge in [0.25, 0.3) is 0 Å². The highest BCUT2D eigenvalue weighted by Crippen LogP contribution is 2.34. The van der Waals surface area contributed by atoms with Gasteiger partial charge in [0.2, 0.25) is 0 Å². The molecular weight excluding hydrogens is 467 g/mol. The first-order valence-electron chi connectivity index (χ1n) is 12.2. The van der Waals surface area contributed by atoms with Crippen LogP contribution in [-0.4, -0.2) is 49.6 Å². The smallest absolute Gasteiger partial charge is 0.314 e. The molecule has 1 aromatic carbocycles. The number of fused-ring (bicyclic) bond motifs is 1. The fourth-order valence-electron chi connectivity index (χ4n) is 5.12. The molecule has 3 atom stereocenters. The van der Waals surface area contributed by atoms with Crippen LogP contribution in [0, 0.1) is 17.1 Å². The maximum absolute atomic E-state index is 13.5. The lowest BCUT2D eigenvalue weighted by Gasteiger charge is -2.38. The summed E-state index contributed by atoms with van der Waals surface area (Å²) in [5.74, 6) is -1.75. The quantitative estimate of drug-likeness (QED) is 0.379. The van der Waals surface area contributed by atoms with Gasteiger partial charge in [-0.2, -0.15) is 9.83 Å². The zero-order valence-corrected chi connectivity index (χ0v) is 20.0. The molecule has 0 spiro atoms. The molecule has 0 bridgehead atoms. The molecule has 2 amide bonds. The molecule has 2 aliphatic rings. The van der Waals surface area contributed by atoms with E-state index in [0.29, 0.717) is 35.2 Å². The van der Waals surface area contributed by atoms with Crippen LogP contribution in [0.5, 0.6) is 0 Å². The van der Waals surface area contributed by atoms with Gasteiger partial charge in [0, 0.05) is 13.2 Å². The number of ether oxygens (including phenoxy) is 1. The van der Waals surface area contributed by atoms with Crippen molar-refractivity contribution in [1.29, 1.82) is 5.41 Å². The predicted molar refractivity (Wildman–Crippen MR) is 127 cm³/mol. The van der Waals surface area contributed by atoms with Crippen LogP contribution in [-0.2, 0) is 14.3 Å². The SMILES string of the molecule is C[C@H]1CC[C@H](c2ccc(F)cc2)N(C(=O)C(=O)Nc2cn(O)c(=N)c3cnn(C4CCCCO4)c23)C1. The number of aromatic nitrogens is 3. The molecule has 0 saturated carbocycles. The fourth-order valence-corrected chi connectivity index (χ4v) is 5.12. The van der Waals surface area contributed by atoms with Crippen molar-refractivity contribution in [3.8, 4) is 0 Å². The summed E-state index contributed by atoms with van der Waals surface area (Å²) in [7, 11) is 0. The van der Waals surface area contributed by atoms with Gasteiger partial charge in [-0.1, -0.05) is 19.1 Å². The van der Waals surface area contributed by atoms with Crippen LogP contribution in [0.2, 0.25) is 0 Å². The number of hydrogen-bond donors (Lipinski definition) is 3. The van der Waals surface area contributed by atoms with E-state index in [0.717, 1.165) is 31.2 Å². The molecule has 2 aliphatic heterocycles. The predicted octanol–water partition coefficient (Wildman–Crippen LogP) is 3.33. The number of hydrogen-bond acceptors (Lipinski definition) is 6. The minimum absolute atomic E-state index is 0.150. The molecule has 11 heteroatoms. The van der Waals surface area contributed by atoms with Gasteiger partial charge >= 0.3 is 11.8 Å². The Balaban J connectivity index is 1.46. The van der Waals surface area contributed by atoms with Crippen LogP contribution in [0.25, 0.3) is 10.9 Å². The van der Waals surface area contributed by atoms with Gasteiger partial charge in [0.05, 0.1) is 29.5 Å². The lowest BCUT2D eigenvalue weighted by atomic mass is 9.90. The normalized spacial score (nSPS) is 22.5. The third kappa shape index (κ3) is 4.46. The van der Waals surface area contributed by atoms with E-state index in [-0.39, 0.29) is 35.2 Å². The molecule has 10 nitrogen and oxygen atoms in total. The summed E-state index contributed by atoms with van der Waals surface area (Å²) in [4.78, 5) is 28.2. The second kappa shape index (κ2) is 9.73. The molecule has 5 rings (SSSR count). The summed E-state index contributed by atoms with van der Waals surface area (Å²) in [6, 6.07) is 5.64. The molecule has 3 N–H and O–H groups in total. The Bertz CT molecular complexity index is 1350. The Kier molecular flexibility index (Phi) is 6.48. The van der Waals surface area contributed by atoms with Crippen molar-refractivity contribution in [2.75, 3.05) is 18.5 Å². The first-order chi connectivity index (χ1) is 17.3. The number of amides is 2. The van der Waals surface area contributed by atoms with E-state index in [9.17, 15) is 19.2 Å². The van der Waals surface area contributed by atoms with E-state index in [2.05, 4.69) is 10.4 Å². The maximum atomic E-state index is 13.5. The number of likely N-dealkylation sites (tertiary alicyclic amines) is 1. The van der Waals surface area contributed by atoms with Crippen molar-refractivity contribution in [2.24, 2.45) is 5.92 Å². The number of halogens is 1. The van der Waals surface area contributed by atoms with Gasteiger partial charge in [0.1, 0.15) is 11.3 Å². The summed E-state index contributed by atoms with van der Waals surface area (Å²) < 4.78 is 21.5. The highest BCUT2D eigenvalue weighted by Gasteiger charge is 2.35. The van der Waals surface area contributed by atoms with E-state index in [1.165, 1.54) is 29.4 Å². The Morgan fingerprint density at radius 2 is 1.97 bits per heavy atom. The molecule has 3 aromatic rings. The van der Waals surface area contributed by atoms with Crippen molar-refractivity contribution in [2.45, 2.75) is 51.3 Å². The van der Waals surface area contributed by atoms with E-state index < -0.39 is 11.8 Å². The maximum Gasteiger partial charge on any atom is 0.314 e. The van der Waals surface area contributed by atoms with Crippen LogP contribution in [0.3, 0.4) is 0 Å². The molecule has 1 unspecified atom stereocenters. The Morgan fingerprint density at radius 1 is 1.19 bits per heavy atom. The van der Waals surface area contributed by atoms with Crippen molar-refractivity contribution >= 4 is 28.4 Å². The summed E-state index contributed by atoms with van der Waals surface area (Å²) in [5.41, 5.74) is 1.13. The van der Waals surface area contributed by atoms with Crippen molar-refractivity contribution in [3.63, 3.8) is 0 Å². The van der Waals surface area contributed by atoms with E-state index in [4.69, 9.17) is 10.1 Å². The van der Waals surface area contributed by atoms with Crippen LogP contribution < -0.4 is 10.8 Å². The number of nitrogens with one attached hydrogen (secondary N) is 2. The molecular formula is C25H29FN6O4. The van der Waals surface area contributed by atoms with Crippen LogP contribution >= 0.6 is 0 Å². The molecule has 36 heavy (non-hydrogen) atoms. The van der Waals surface area contributed by atoms with Gasteiger partial charge in [-0.05, 0) is 55.7 Å². The summed E-state index contributed by atoms with van der Waals surface area (Å²) >= 11 is 0. The lowest BCUT2D eigenvalue weighted by Crippen LogP contribution is -2.46. The van der Waals surface area contributed by atoms with Gasteiger partial charge < -0.3 is 20.2 Å². The molecule has 2 aromatic heterocycles. The summed E-state index contributed by atoms with van der Waals surface area (Å²) in [6.07, 6.45) is 6.40. The largest absolute Gasteiger partial charge is 0.427 e. The number of anilines is 1. The van der Waals surface area contributed by atoms with Gasteiger partial charge in [-0.15, -0.1) is 0 Å². The monoisotopic (exact) mass is 496 g/mol. The van der Waals surface area contributed by atoms with Crippen LogP contribution in [0.1, 0.15) is 56.9 Å². The van der Waals surface area contributed by atoms with Crippen LogP contribution in [0.4, 0.5) is 10.1 Å². The van der Waals surface area contributed by atoms with E-state index in [1.54, 1.807) is 16.8 Å². The minimum atomic E-state index is -0.868. The molecule has 0 radical (unpaired) electrons. The third-order valence-electron chi connectivity index (χ3n) is 6.99. The number of carbonyl (C=O) groups excluding carboxylic acids is 2. The molecule has 190 valence electrons. The molecule has 4 heterocycles.